The van der Waals surface area contributed by atoms with Gasteiger partial charge in [0.2, 0.25) is 5.78 Å². The SMILES string of the molecule is C=C1CC[C@@H](C(=O)C(=O)OC)C1(C)C. The molecule has 0 bridgehead atoms. The highest BCUT2D eigenvalue weighted by molar-refractivity contribution is 6.34. The molecule has 0 amide bonds. The largest absolute Gasteiger partial charge is 0.463 e. The van der Waals surface area contributed by atoms with Crippen molar-refractivity contribution in [2.24, 2.45) is 11.3 Å². The maximum absolute atomic E-state index is 11.6. The van der Waals surface area contributed by atoms with Crippen LogP contribution in [0.25, 0.3) is 0 Å². The van der Waals surface area contributed by atoms with Gasteiger partial charge in [0.1, 0.15) is 0 Å². The summed E-state index contributed by atoms with van der Waals surface area (Å²) in [5.74, 6) is -1.42. The van der Waals surface area contributed by atoms with Crippen LogP contribution in [-0.4, -0.2) is 18.9 Å². The number of ketones is 1. The van der Waals surface area contributed by atoms with Gasteiger partial charge in [0, 0.05) is 5.92 Å². The van der Waals surface area contributed by atoms with Crippen LogP contribution in [0.15, 0.2) is 12.2 Å². The van der Waals surface area contributed by atoms with E-state index in [0.29, 0.717) is 6.42 Å². The smallest absolute Gasteiger partial charge is 0.374 e. The second-order valence-corrected chi connectivity index (χ2v) is 4.27. The number of rotatable bonds is 2. The number of ether oxygens (including phenoxy) is 1. The first-order valence-electron chi connectivity index (χ1n) is 4.71. The lowest BCUT2D eigenvalue weighted by Gasteiger charge is -2.25. The molecule has 78 valence electrons. The van der Waals surface area contributed by atoms with E-state index in [9.17, 15) is 9.59 Å². The van der Waals surface area contributed by atoms with E-state index in [2.05, 4.69) is 11.3 Å². The zero-order valence-corrected chi connectivity index (χ0v) is 8.92. The van der Waals surface area contributed by atoms with Gasteiger partial charge in [-0.2, -0.15) is 0 Å². The van der Waals surface area contributed by atoms with Gasteiger partial charge in [0.25, 0.3) is 0 Å². The van der Waals surface area contributed by atoms with Crippen LogP contribution in [0.2, 0.25) is 0 Å². The van der Waals surface area contributed by atoms with Crippen LogP contribution in [0, 0.1) is 11.3 Å². The molecule has 14 heavy (non-hydrogen) atoms. The number of carbonyl (C=O) groups is 2. The average molecular weight is 196 g/mol. The highest BCUT2D eigenvalue weighted by Gasteiger charge is 2.44. The van der Waals surface area contributed by atoms with E-state index < -0.39 is 11.8 Å². The van der Waals surface area contributed by atoms with Gasteiger partial charge < -0.3 is 4.74 Å². The summed E-state index contributed by atoms with van der Waals surface area (Å²) in [5, 5.41) is 0. The Morgan fingerprint density at radius 1 is 1.50 bits per heavy atom. The lowest BCUT2D eigenvalue weighted by molar-refractivity contribution is -0.154. The van der Waals surface area contributed by atoms with Gasteiger partial charge in [-0.3, -0.25) is 4.79 Å². The normalized spacial score (nSPS) is 24.8. The quantitative estimate of drug-likeness (QED) is 0.383. The molecule has 1 rings (SSSR count). The van der Waals surface area contributed by atoms with Crippen molar-refractivity contribution in [2.45, 2.75) is 26.7 Å². The highest BCUT2D eigenvalue weighted by Crippen LogP contribution is 2.46. The zero-order valence-electron chi connectivity index (χ0n) is 8.92. The maximum atomic E-state index is 11.6. The van der Waals surface area contributed by atoms with Crippen LogP contribution in [0.4, 0.5) is 0 Å². The summed E-state index contributed by atoms with van der Waals surface area (Å²) in [6.45, 7) is 7.82. The first-order valence-corrected chi connectivity index (χ1v) is 4.71. The Hall–Kier alpha value is -1.12. The van der Waals surface area contributed by atoms with Gasteiger partial charge in [-0.1, -0.05) is 26.0 Å². The van der Waals surface area contributed by atoms with Crippen LogP contribution in [0.3, 0.4) is 0 Å². The molecule has 1 saturated carbocycles. The summed E-state index contributed by atoms with van der Waals surface area (Å²) >= 11 is 0. The number of esters is 1. The molecule has 3 nitrogen and oxygen atoms in total. The predicted octanol–water partition coefficient (Wildman–Crippen LogP) is 1.72. The molecular weight excluding hydrogens is 180 g/mol. The molecule has 0 spiro atoms. The zero-order chi connectivity index (χ0) is 10.9. The fourth-order valence-corrected chi connectivity index (χ4v) is 1.95. The number of Topliss-reactive ketones (excluding diaryl/α,β-unsaturated/α-hetero) is 1. The van der Waals surface area contributed by atoms with Gasteiger partial charge in [-0.05, 0) is 18.3 Å². The van der Waals surface area contributed by atoms with Gasteiger partial charge in [-0.25, -0.2) is 4.79 Å². The summed E-state index contributed by atoms with van der Waals surface area (Å²) in [6.07, 6.45) is 1.53. The molecule has 0 saturated heterocycles. The van der Waals surface area contributed by atoms with Crippen LogP contribution < -0.4 is 0 Å². The lowest BCUT2D eigenvalue weighted by atomic mass is 9.77. The van der Waals surface area contributed by atoms with Crippen LogP contribution in [0.5, 0.6) is 0 Å². The van der Waals surface area contributed by atoms with Crippen molar-refractivity contribution in [3.63, 3.8) is 0 Å². The van der Waals surface area contributed by atoms with Crippen LogP contribution in [-0.2, 0) is 14.3 Å². The molecule has 1 fully saturated rings. The van der Waals surface area contributed by atoms with Crippen molar-refractivity contribution in [1.82, 2.24) is 0 Å². The Bertz CT molecular complexity index is 289. The second-order valence-electron chi connectivity index (χ2n) is 4.27. The molecule has 0 radical (unpaired) electrons. The van der Waals surface area contributed by atoms with Gasteiger partial charge in [-0.15, -0.1) is 0 Å². The molecule has 0 heterocycles. The fourth-order valence-electron chi connectivity index (χ4n) is 1.95. The van der Waals surface area contributed by atoms with Crippen molar-refractivity contribution in [1.29, 1.82) is 0 Å². The molecule has 0 aromatic rings. The third-order valence-corrected chi connectivity index (χ3v) is 3.22. The van der Waals surface area contributed by atoms with E-state index in [4.69, 9.17) is 0 Å². The Labute approximate surface area is 84.1 Å². The maximum Gasteiger partial charge on any atom is 0.374 e. The molecule has 3 heteroatoms. The molecule has 1 atom stereocenters. The van der Waals surface area contributed by atoms with Crippen LogP contribution >= 0.6 is 0 Å². The standard InChI is InChI=1S/C11H16O3/c1-7-5-6-8(11(7,2)3)9(12)10(13)14-4/h8H,1,5-6H2,2-4H3/t8-/m0/s1. The minimum Gasteiger partial charge on any atom is -0.463 e. The molecule has 0 unspecified atom stereocenters. The van der Waals surface area contributed by atoms with Crippen molar-refractivity contribution in [2.75, 3.05) is 7.11 Å². The minimum atomic E-state index is -0.738. The van der Waals surface area contributed by atoms with E-state index in [1.165, 1.54) is 7.11 Å². The van der Waals surface area contributed by atoms with Crippen LogP contribution in [0.1, 0.15) is 26.7 Å². The molecule has 0 N–H and O–H groups in total. The molecule has 0 aromatic carbocycles. The number of carbonyl (C=O) groups excluding carboxylic acids is 2. The molecule has 0 aliphatic heterocycles. The first kappa shape index (κ1) is 11.0. The first-order chi connectivity index (χ1) is 6.41. The third-order valence-electron chi connectivity index (χ3n) is 3.22. The summed E-state index contributed by atoms with van der Waals surface area (Å²) < 4.78 is 4.43. The molecule has 1 aliphatic rings. The molecule has 1 aliphatic carbocycles. The van der Waals surface area contributed by atoms with Crippen molar-refractivity contribution >= 4 is 11.8 Å². The number of hydrogen-bond acceptors (Lipinski definition) is 3. The van der Waals surface area contributed by atoms with E-state index in [1.54, 1.807) is 0 Å². The summed E-state index contributed by atoms with van der Waals surface area (Å²) in [4.78, 5) is 22.7. The van der Waals surface area contributed by atoms with E-state index >= 15 is 0 Å². The summed E-state index contributed by atoms with van der Waals surface area (Å²) in [7, 11) is 1.23. The van der Waals surface area contributed by atoms with Gasteiger partial charge >= 0.3 is 5.97 Å². The fraction of sp³-hybridized carbons (Fsp3) is 0.636. The van der Waals surface area contributed by atoms with Gasteiger partial charge in [0.05, 0.1) is 7.11 Å². The topological polar surface area (TPSA) is 43.4 Å². The second kappa shape index (κ2) is 3.56. The Kier molecular flexibility index (Phi) is 2.79. The number of hydrogen-bond donors (Lipinski definition) is 0. The Morgan fingerprint density at radius 2 is 2.07 bits per heavy atom. The predicted molar refractivity (Wildman–Crippen MR) is 52.7 cm³/mol. The van der Waals surface area contributed by atoms with Crippen molar-refractivity contribution < 1.29 is 14.3 Å². The Morgan fingerprint density at radius 3 is 2.43 bits per heavy atom. The Balaban J connectivity index is 2.85. The van der Waals surface area contributed by atoms with Crippen molar-refractivity contribution in [3.05, 3.63) is 12.2 Å². The van der Waals surface area contributed by atoms with Gasteiger partial charge in [0.15, 0.2) is 0 Å². The van der Waals surface area contributed by atoms with Crippen molar-refractivity contribution in [3.8, 4) is 0 Å². The van der Waals surface area contributed by atoms with E-state index in [1.807, 2.05) is 13.8 Å². The number of methoxy groups -OCH3 is 1. The minimum absolute atomic E-state index is 0.262. The van der Waals surface area contributed by atoms with E-state index in [0.717, 1.165) is 12.0 Å². The number of allylic oxidation sites excluding steroid dienone is 1. The summed E-state index contributed by atoms with van der Waals surface area (Å²) in [5.41, 5.74) is 0.769. The molecule has 0 aromatic heterocycles. The third kappa shape index (κ3) is 1.59. The summed E-state index contributed by atoms with van der Waals surface area (Å²) in [6, 6.07) is 0. The monoisotopic (exact) mass is 196 g/mol. The lowest BCUT2D eigenvalue weighted by Crippen LogP contribution is -2.32. The van der Waals surface area contributed by atoms with E-state index in [-0.39, 0.29) is 11.3 Å². The average Bonchev–Trinajstić information content (AvgIpc) is 2.40. The molecular formula is C11H16O3. The highest BCUT2D eigenvalue weighted by atomic mass is 16.5.